The van der Waals surface area contributed by atoms with E-state index in [0.717, 1.165) is 11.1 Å². The van der Waals surface area contributed by atoms with Crippen molar-refractivity contribution < 1.29 is 29.1 Å². The fourth-order valence-corrected chi connectivity index (χ4v) is 1.71. The van der Waals surface area contributed by atoms with Crippen LogP contribution >= 0.6 is 0 Å². The van der Waals surface area contributed by atoms with Crippen molar-refractivity contribution in [1.29, 1.82) is 0 Å². The third kappa shape index (κ3) is 2.71. The summed E-state index contributed by atoms with van der Waals surface area (Å²) in [4.78, 5) is 43.6. The van der Waals surface area contributed by atoms with E-state index in [1.807, 2.05) is 12.2 Å². The summed E-state index contributed by atoms with van der Waals surface area (Å²) in [5.41, 5.74) is -1.93. The first-order valence-corrected chi connectivity index (χ1v) is 6.31. The molecule has 10 heteroatoms. The van der Waals surface area contributed by atoms with Crippen LogP contribution < -0.4 is 15.7 Å². The lowest BCUT2D eigenvalue weighted by atomic mass is 10.2. The van der Waals surface area contributed by atoms with Gasteiger partial charge in [0.25, 0.3) is 5.91 Å². The number of rotatable bonds is 6. The molecule has 0 aliphatic heterocycles. The number of nitrogens with zero attached hydrogens (tertiary/aromatic N) is 2. The predicted molar refractivity (Wildman–Crippen MR) is 71.6 cm³/mol. The zero-order valence-corrected chi connectivity index (χ0v) is 11.5. The molecule has 22 heavy (non-hydrogen) atoms. The van der Waals surface area contributed by atoms with Crippen LogP contribution in [0.1, 0.15) is 23.7 Å². The van der Waals surface area contributed by atoms with Crippen molar-refractivity contribution in [2.45, 2.75) is 13.3 Å². The Morgan fingerprint density at radius 3 is 2.86 bits per heavy atom. The van der Waals surface area contributed by atoms with Gasteiger partial charge in [0, 0.05) is 0 Å². The van der Waals surface area contributed by atoms with Crippen LogP contribution in [0.15, 0.2) is 15.6 Å². The van der Waals surface area contributed by atoms with Crippen LogP contribution in [0.5, 0.6) is 5.75 Å². The van der Waals surface area contributed by atoms with Crippen LogP contribution in [0, 0.1) is 0 Å². The maximum absolute atomic E-state index is 12.3. The van der Waals surface area contributed by atoms with Crippen LogP contribution in [0.4, 0.5) is 0 Å². The number of fused-ring (bicyclic) bond motifs is 1. The van der Waals surface area contributed by atoms with E-state index in [1.54, 1.807) is 0 Å². The van der Waals surface area contributed by atoms with Crippen molar-refractivity contribution in [3.05, 3.63) is 22.3 Å². The van der Waals surface area contributed by atoms with Crippen LogP contribution in [-0.4, -0.2) is 45.0 Å². The Morgan fingerprint density at radius 1 is 1.50 bits per heavy atom. The zero-order valence-electron chi connectivity index (χ0n) is 11.5. The second-order valence-electron chi connectivity index (χ2n) is 4.24. The quantitative estimate of drug-likeness (QED) is 0.638. The summed E-state index contributed by atoms with van der Waals surface area (Å²) >= 11 is 0. The van der Waals surface area contributed by atoms with Gasteiger partial charge in [-0.3, -0.25) is 14.4 Å². The summed E-state index contributed by atoms with van der Waals surface area (Å²) < 4.78 is 5.68. The first kappa shape index (κ1) is 15.4. The smallest absolute Gasteiger partial charge is 0.322 e. The SMILES string of the molecule is CCCOn1c(=O)c(C(=O)NCC(=O)O)c(O)c2ocnc21. The minimum absolute atomic E-state index is 0.0780. The molecule has 3 N–H and O–H groups in total. The molecule has 1 amide bonds. The van der Waals surface area contributed by atoms with Crippen LogP contribution in [-0.2, 0) is 4.79 Å². The van der Waals surface area contributed by atoms with Crippen molar-refractivity contribution in [2.24, 2.45) is 0 Å². The van der Waals surface area contributed by atoms with Crippen LogP contribution in [0.3, 0.4) is 0 Å². The Balaban J connectivity index is 2.55. The number of carbonyl (C=O) groups excluding carboxylic acids is 1. The van der Waals surface area contributed by atoms with Gasteiger partial charge in [-0.05, 0) is 6.42 Å². The van der Waals surface area contributed by atoms with E-state index < -0.39 is 35.3 Å². The average molecular weight is 311 g/mol. The molecule has 0 atom stereocenters. The van der Waals surface area contributed by atoms with Gasteiger partial charge in [0.1, 0.15) is 13.2 Å². The number of carboxylic acid groups (broad SMARTS) is 1. The van der Waals surface area contributed by atoms with Gasteiger partial charge in [0.2, 0.25) is 11.2 Å². The number of aromatic nitrogens is 2. The number of carbonyl (C=O) groups is 2. The van der Waals surface area contributed by atoms with Gasteiger partial charge < -0.3 is 24.8 Å². The highest BCUT2D eigenvalue weighted by Crippen LogP contribution is 2.25. The number of hydrogen-bond acceptors (Lipinski definition) is 7. The number of oxazole rings is 1. The number of nitrogens with one attached hydrogen (secondary N) is 1. The molecule has 118 valence electrons. The standard InChI is InChI=1S/C12H13N3O7/c1-2-3-22-15-10-9(21-5-14-10)8(18)7(12(15)20)11(19)13-4-6(16)17/h5,18H,2-4H2,1H3,(H,13,19)(H,16,17). The van der Waals surface area contributed by atoms with Gasteiger partial charge in [-0.2, -0.15) is 4.98 Å². The van der Waals surface area contributed by atoms with Crippen molar-refractivity contribution >= 4 is 23.1 Å². The molecule has 2 aromatic rings. The van der Waals surface area contributed by atoms with E-state index in [2.05, 4.69) is 4.98 Å². The lowest BCUT2D eigenvalue weighted by Crippen LogP contribution is -2.37. The maximum Gasteiger partial charge on any atom is 0.322 e. The highest BCUT2D eigenvalue weighted by atomic mass is 16.7. The van der Waals surface area contributed by atoms with Crippen molar-refractivity contribution in [1.82, 2.24) is 15.0 Å². The molecule has 0 fully saturated rings. The molecule has 0 unspecified atom stereocenters. The fourth-order valence-electron chi connectivity index (χ4n) is 1.71. The Bertz CT molecular complexity index is 777. The van der Waals surface area contributed by atoms with E-state index in [1.165, 1.54) is 0 Å². The lowest BCUT2D eigenvalue weighted by molar-refractivity contribution is -0.135. The first-order chi connectivity index (χ1) is 10.5. The third-order valence-electron chi connectivity index (χ3n) is 2.64. The first-order valence-electron chi connectivity index (χ1n) is 6.31. The van der Waals surface area contributed by atoms with E-state index in [9.17, 15) is 19.5 Å². The number of amides is 1. The molecule has 2 aromatic heterocycles. The minimum Gasteiger partial charge on any atom is -0.503 e. The van der Waals surface area contributed by atoms with E-state index in [0.29, 0.717) is 6.42 Å². The second kappa shape index (κ2) is 6.16. The van der Waals surface area contributed by atoms with Gasteiger partial charge in [0.05, 0.1) is 0 Å². The number of hydrogen-bond donors (Lipinski definition) is 3. The van der Waals surface area contributed by atoms with Crippen LogP contribution in [0.2, 0.25) is 0 Å². The Labute approximate surface area is 122 Å². The summed E-state index contributed by atoms with van der Waals surface area (Å²) in [6, 6.07) is 0. The highest BCUT2D eigenvalue weighted by molar-refractivity contribution is 6.01. The average Bonchev–Trinajstić information content (AvgIpc) is 2.94. The molecule has 0 radical (unpaired) electrons. The minimum atomic E-state index is -1.30. The monoisotopic (exact) mass is 311 g/mol. The van der Waals surface area contributed by atoms with Gasteiger partial charge in [-0.1, -0.05) is 6.92 Å². The normalized spacial score (nSPS) is 10.6. The van der Waals surface area contributed by atoms with Crippen LogP contribution in [0.25, 0.3) is 11.2 Å². The Hall–Kier alpha value is -3.04. The van der Waals surface area contributed by atoms with Gasteiger partial charge >= 0.3 is 11.5 Å². The van der Waals surface area contributed by atoms with Gasteiger partial charge in [-0.25, -0.2) is 0 Å². The summed E-state index contributed by atoms with van der Waals surface area (Å²) in [6.07, 6.45) is 1.57. The fraction of sp³-hybridized carbons (Fsp3) is 0.333. The number of aliphatic carboxylic acids is 1. The molecule has 0 saturated carbocycles. The summed E-state index contributed by atoms with van der Waals surface area (Å²) in [5.74, 6) is -3.08. The molecule has 10 nitrogen and oxygen atoms in total. The zero-order chi connectivity index (χ0) is 16.3. The second-order valence-corrected chi connectivity index (χ2v) is 4.24. The third-order valence-corrected chi connectivity index (χ3v) is 2.64. The number of carboxylic acids is 1. The van der Waals surface area contributed by atoms with Crippen molar-refractivity contribution in [3.8, 4) is 5.75 Å². The summed E-state index contributed by atoms with van der Waals surface area (Å²) in [6.45, 7) is 1.27. The molecule has 2 rings (SSSR count). The Morgan fingerprint density at radius 2 is 2.23 bits per heavy atom. The molecule has 0 bridgehead atoms. The molecule has 0 spiro atoms. The largest absolute Gasteiger partial charge is 0.503 e. The molecule has 0 aromatic carbocycles. The van der Waals surface area contributed by atoms with E-state index in [4.69, 9.17) is 14.4 Å². The van der Waals surface area contributed by atoms with Crippen molar-refractivity contribution in [2.75, 3.05) is 13.2 Å². The molecule has 0 aliphatic carbocycles. The van der Waals surface area contributed by atoms with E-state index >= 15 is 0 Å². The molecule has 0 saturated heterocycles. The number of pyridine rings is 1. The topological polar surface area (TPSA) is 144 Å². The summed E-state index contributed by atoms with van der Waals surface area (Å²) in [7, 11) is 0. The van der Waals surface area contributed by atoms with Crippen molar-refractivity contribution in [3.63, 3.8) is 0 Å². The molecular weight excluding hydrogens is 298 g/mol. The molecule has 0 aliphatic rings. The summed E-state index contributed by atoms with van der Waals surface area (Å²) in [5, 5.41) is 20.5. The van der Waals surface area contributed by atoms with E-state index in [-0.39, 0.29) is 17.8 Å². The highest BCUT2D eigenvalue weighted by Gasteiger charge is 2.26. The van der Waals surface area contributed by atoms with Gasteiger partial charge in [0.15, 0.2) is 17.7 Å². The number of aromatic hydroxyl groups is 1. The molecular formula is C12H13N3O7. The molecule has 2 heterocycles. The maximum atomic E-state index is 12.3. The van der Waals surface area contributed by atoms with Gasteiger partial charge in [-0.15, -0.1) is 4.73 Å². The predicted octanol–water partition coefficient (Wildman–Crippen LogP) is -0.652. The Kier molecular flexibility index (Phi) is 4.30. The lowest BCUT2D eigenvalue weighted by Gasteiger charge is -2.11.